The Kier molecular flexibility index (Phi) is 5.24. The fraction of sp³-hybridized carbons (Fsp3) is 0.0435. The molecule has 3 heterocycles. The highest BCUT2D eigenvalue weighted by Gasteiger charge is 2.21. The van der Waals surface area contributed by atoms with Gasteiger partial charge in [-0.2, -0.15) is 4.52 Å². The zero-order valence-corrected chi connectivity index (χ0v) is 17.6. The van der Waals surface area contributed by atoms with Gasteiger partial charge in [0.15, 0.2) is 5.65 Å². The first-order valence-electron chi connectivity index (χ1n) is 9.46. The van der Waals surface area contributed by atoms with E-state index in [1.54, 1.807) is 23.2 Å². The molecule has 5 aromatic rings. The number of halogens is 2. The van der Waals surface area contributed by atoms with Crippen LogP contribution in [0, 0.1) is 0 Å². The number of pyridine rings is 1. The van der Waals surface area contributed by atoms with E-state index in [1.165, 1.54) is 0 Å². The lowest BCUT2D eigenvalue weighted by molar-refractivity contribution is 0.290. The van der Waals surface area contributed by atoms with Crippen LogP contribution in [0.1, 0.15) is 5.56 Å². The summed E-state index contributed by atoms with van der Waals surface area (Å²) in [6, 6.07) is 18.9. The van der Waals surface area contributed by atoms with E-state index in [0.717, 1.165) is 27.8 Å². The van der Waals surface area contributed by atoms with Gasteiger partial charge in [0, 0.05) is 28.0 Å². The van der Waals surface area contributed by atoms with E-state index >= 15 is 0 Å². The molecule has 0 aliphatic rings. The van der Waals surface area contributed by atoms with Crippen LogP contribution in [-0.2, 0) is 6.61 Å². The van der Waals surface area contributed by atoms with Gasteiger partial charge in [-0.15, -0.1) is 15.3 Å². The second-order valence-electron chi connectivity index (χ2n) is 6.81. The van der Waals surface area contributed by atoms with Crippen molar-refractivity contribution in [3.63, 3.8) is 0 Å². The Labute approximate surface area is 188 Å². The lowest BCUT2D eigenvalue weighted by Gasteiger charge is -2.16. The fourth-order valence-electron chi connectivity index (χ4n) is 3.34. The van der Waals surface area contributed by atoms with Crippen LogP contribution in [-0.4, -0.2) is 24.8 Å². The van der Waals surface area contributed by atoms with Crippen molar-refractivity contribution >= 4 is 28.8 Å². The Morgan fingerprint density at radius 3 is 2.03 bits per heavy atom. The van der Waals surface area contributed by atoms with Gasteiger partial charge in [-0.1, -0.05) is 47.5 Å². The molecule has 0 aliphatic heterocycles. The molecule has 0 fully saturated rings. The molecule has 0 spiro atoms. The van der Waals surface area contributed by atoms with E-state index in [9.17, 15) is 0 Å². The van der Waals surface area contributed by atoms with Gasteiger partial charge in [-0.05, 0) is 53.1 Å². The van der Waals surface area contributed by atoms with E-state index in [1.807, 2.05) is 60.7 Å². The lowest BCUT2D eigenvalue weighted by atomic mass is 9.96. The summed E-state index contributed by atoms with van der Waals surface area (Å²) in [5.41, 5.74) is 5.06. The summed E-state index contributed by atoms with van der Waals surface area (Å²) in [5, 5.41) is 14.3. The number of rotatable bonds is 5. The summed E-state index contributed by atoms with van der Waals surface area (Å²) < 4.78 is 7.81. The number of hydrogen-bond donors (Lipinski definition) is 0. The number of benzene rings is 2. The summed E-state index contributed by atoms with van der Waals surface area (Å²) in [6.07, 6.45) is 5.02. The van der Waals surface area contributed by atoms with Crippen molar-refractivity contribution in [3.05, 3.63) is 95.0 Å². The van der Waals surface area contributed by atoms with Gasteiger partial charge in [-0.3, -0.25) is 4.98 Å². The SMILES string of the molecule is Clc1ccc(-c2c(OCc3ccncc3)nn3cnnc3c2-c2ccc(Cl)cc2)cc1. The Morgan fingerprint density at radius 1 is 0.774 bits per heavy atom. The Bertz CT molecular complexity index is 1340. The molecular weight excluding hydrogens is 433 g/mol. The predicted molar refractivity (Wildman–Crippen MR) is 120 cm³/mol. The molecule has 0 aliphatic carbocycles. The molecular formula is C23H15Cl2N5O. The van der Waals surface area contributed by atoms with Crippen LogP contribution in [0.15, 0.2) is 79.4 Å². The first-order chi connectivity index (χ1) is 15.2. The van der Waals surface area contributed by atoms with Gasteiger partial charge in [0.05, 0.1) is 5.56 Å². The van der Waals surface area contributed by atoms with Crippen molar-refractivity contribution in [2.45, 2.75) is 6.61 Å². The third-order valence-electron chi connectivity index (χ3n) is 4.81. The molecule has 5 rings (SSSR count). The molecule has 0 saturated carbocycles. The minimum absolute atomic E-state index is 0.337. The summed E-state index contributed by atoms with van der Waals surface area (Å²) >= 11 is 12.3. The number of fused-ring (bicyclic) bond motifs is 1. The monoisotopic (exact) mass is 447 g/mol. The van der Waals surface area contributed by atoms with Gasteiger partial charge >= 0.3 is 0 Å². The zero-order valence-electron chi connectivity index (χ0n) is 16.1. The van der Waals surface area contributed by atoms with Crippen LogP contribution < -0.4 is 4.74 Å². The standard InChI is InChI=1S/C23H15Cl2N5O/c24-18-5-1-16(2-6-18)20-21(17-3-7-19(25)8-4-17)23(29-30-14-27-28-22(20)30)31-13-15-9-11-26-12-10-15/h1-12,14H,13H2. The van der Waals surface area contributed by atoms with Crippen LogP contribution >= 0.6 is 23.2 Å². The molecule has 6 nitrogen and oxygen atoms in total. The van der Waals surface area contributed by atoms with E-state index in [4.69, 9.17) is 27.9 Å². The van der Waals surface area contributed by atoms with Crippen LogP contribution in [0.3, 0.4) is 0 Å². The van der Waals surface area contributed by atoms with Gasteiger partial charge in [0.2, 0.25) is 5.88 Å². The van der Waals surface area contributed by atoms with E-state index in [0.29, 0.717) is 28.2 Å². The quantitative estimate of drug-likeness (QED) is 0.343. The molecule has 0 unspecified atom stereocenters. The number of aromatic nitrogens is 5. The highest BCUT2D eigenvalue weighted by Crippen LogP contribution is 2.41. The van der Waals surface area contributed by atoms with Crippen LogP contribution in [0.4, 0.5) is 0 Å². The molecule has 0 amide bonds. The van der Waals surface area contributed by atoms with Crippen LogP contribution in [0.5, 0.6) is 5.88 Å². The Morgan fingerprint density at radius 2 is 1.39 bits per heavy atom. The molecule has 3 aromatic heterocycles. The van der Waals surface area contributed by atoms with Gasteiger partial charge in [-0.25, -0.2) is 0 Å². The maximum atomic E-state index is 6.20. The van der Waals surface area contributed by atoms with Gasteiger partial charge in [0.25, 0.3) is 0 Å². The maximum Gasteiger partial charge on any atom is 0.240 e. The number of hydrogen-bond acceptors (Lipinski definition) is 5. The summed E-state index contributed by atoms with van der Waals surface area (Å²) in [6.45, 7) is 0.337. The smallest absolute Gasteiger partial charge is 0.240 e. The molecule has 0 N–H and O–H groups in total. The van der Waals surface area contributed by atoms with Crippen molar-refractivity contribution in [2.75, 3.05) is 0 Å². The van der Waals surface area contributed by atoms with Crippen molar-refractivity contribution in [1.29, 1.82) is 0 Å². The second kappa shape index (κ2) is 8.34. The van der Waals surface area contributed by atoms with Crippen molar-refractivity contribution in [2.24, 2.45) is 0 Å². The van der Waals surface area contributed by atoms with Crippen LogP contribution in [0.2, 0.25) is 10.0 Å². The fourth-order valence-corrected chi connectivity index (χ4v) is 3.59. The van der Waals surface area contributed by atoms with Crippen molar-refractivity contribution in [1.82, 2.24) is 24.8 Å². The van der Waals surface area contributed by atoms with E-state index < -0.39 is 0 Å². The molecule has 0 saturated heterocycles. The molecule has 0 radical (unpaired) electrons. The number of nitrogens with zero attached hydrogens (tertiary/aromatic N) is 5. The van der Waals surface area contributed by atoms with E-state index in [2.05, 4.69) is 20.3 Å². The molecule has 152 valence electrons. The molecule has 0 bridgehead atoms. The topological polar surface area (TPSA) is 65.2 Å². The largest absolute Gasteiger partial charge is 0.471 e. The minimum atomic E-state index is 0.337. The maximum absolute atomic E-state index is 6.20. The summed E-state index contributed by atoms with van der Waals surface area (Å²) in [7, 11) is 0. The molecule has 2 aromatic carbocycles. The predicted octanol–water partition coefficient (Wildman–Crippen LogP) is 5.74. The molecule has 0 atom stereocenters. The Balaban J connectivity index is 1.73. The third-order valence-corrected chi connectivity index (χ3v) is 5.31. The second-order valence-corrected chi connectivity index (χ2v) is 7.69. The molecule has 8 heteroatoms. The van der Waals surface area contributed by atoms with Gasteiger partial charge in [0.1, 0.15) is 12.9 Å². The summed E-state index contributed by atoms with van der Waals surface area (Å²) in [4.78, 5) is 4.05. The first kappa shape index (κ1) is 19.5. The molecule has 31 heavy (non-hydrogen) atoms. The highest BCUT2D eigenvalue weighted by atomic mass is 35.5. The average Bonchev–Trinajstić information content (AvgIpc) is 3.27. The van der Waals surface area contributed by atoms with Gasteiger partial charge < -0.3 is 4.74 Å². The Hall–Kier alpha value is -3.48. The average molecular weight is 448 g/mol. The highest BCUT2D eigenvalue weighted by molar-refractivity contribution is 6.31. The summed E-state index contributed by atoms with van der Waals surface area (Å²) in [5.74, 6) is 0.455. The normalized spacial score (nSPS) is 11.0. The lowest BCUT2D eigenvalue weighted by Crippen LogP contribution is -2.05. The zero-order chi connectivity index (χ0) is 21.2. The third kappa shape index (κ3) is 3.95. The van der Waals surface area contributed by atoms with Crippen molar-refractivity contribution < 1.29 is 4.74 Å². The van der Waals surface area contributed by atoms with Crippen LogP contribution in [0.25, 0.3) is 27.9 Å². The first-order valence-corrected chi connectivity index (χ1v) is 10.2. The van der Waals surface area contributed by atoms with E-state index in [-0.39, 0.29) is 0 Å². The number of ether oxygens (including phenoxy) is 1. The van der Waals surface area contributed by atoms with Crippen molar-refractivity contribution in [3.8, 4) is 28.1 Å². The minimum Gasteiger partial charge on any atom is -0.471 e.